The minimum atomic E-state index is -0.491. The Bertz CT molecular complexity index is 100. The number of carbonyl (C=O) groups excluding carboxylic acids is 1. The lowest BCUT2D eigenvalue weighted by Crippen LogP contribution is -2.10. The van der Waals surface area contributed by atoms with Gasteiger partial charge in [0.15, 0.2) is 0 Å². The van der Waals surface area contributed by atoms with Crippen molar-refractivity contribution in [2.45, 2.75) is 46.1 Å². The van der Waals surface area contributed by atoms with E-state index in [4.69, 9.17) is 15.3 Å². The van der Waals surface area contributed by atoms with E-state index in [-0.39, 0.29) is 12.4 Å². The molecule has 88 valence electrons. The molecule has 0 aliphatic rings. The molecule has 0 saturated heterocycles. The van der Waals surface area contributed by atoms with Gasteiger partial charge in [-0.05, 0) is 20.3 Å². The molecule has 4 nitrogen and oxygen atoms in total. The Morgan fingerprint density at radius 2 is 1.64 bits per heavy atom. The number of aliphatic hydroxyl groups excluding tert-OH is 3. The fourth-order valence-electron chi connectivity index (χ4n) is 0.531. The first-order valence-corrected chi connectivity index (χ1v) is 4.75. The van der Waals surface area contributed by atoms with Gasteiger partial charge in [0.05, 0.1) is 12.7 Å². The summed E-state index contributed by atoms with van der Waals surface area (Å²) >= 11 is 0. The summed E-state index contributed by atoms with van der Waals surface area (Å²) in [5, 5.41) is 24.1. The first-order chi connectivity index (χ1) is 6.54. The van der Waals surface area contributed by atoms with Crippen LogP contribution in [0.1, 0.15) is 40.0 Å². The molecule has 0 spiro atoms. The molecule has 14 heavy (non-hydrogen) atoms. The lowest BCUT2D eigenvalue weighted by atomic mass is 10.2. The van der Waals surface area contributed by atoms with E-state index in [1.165, 1.54) is 13.8 Å². The average molecular weight is 208 g/mol. The molecule has 0 radical (unpaired) electrons. The van der Waals surface area contributed by atoms with Crippen molar-refractivity contribution >= 4 is 5.78 Å². The van der Waals surface area contributed by atoms with Crippen LogP contribution in [0.3, 0.4) is 0 Å². The fourth-order valence-corrected chi connectivity index (χ4v) is 0.531. The number of ketones is 1. The highest BCUT2D eigenvalue weighted by Crippen LogP contribution is 1.97. The molecule has 0 rings (SSSR count). The second-order valence-electron chi connectivity index (χ2n) is 2.89. The molecule has 3 N–H and O–H groups in total. The SMILES string of the molecule is CC(C)=O.CCCCC(O)CO.CO. The zero-order valence-corrected chi connectivity index (χ0v) is 9.66. The summed E-state index contributed by atoms with van der Waals surface area (Å²) in [6, 6.07) is 0. The number of hydrogen-bond donors (Lipinski definition) is 3. The molecule has 0 saturated carbocycles. The molecule has 0 bridgehead atoms. The maximum Gasteiger partial charge on any atom is 0.126 e. The highest BCUT2D eigenvalue weighted by atomic mass is 16.3. The second kappa shape index (κ2) is 18.4. The molecule has 0 fully saturated rings. The van der Waals surface area contributed by atoms with E-state index in [9.17, 15) is 4.79 Å². The summed E-state index contributed by atoms with van der Waals surface area (Å²) < 4.78 is 0. The van der Waals surface area contributed by atoms with Crippen molar-refractivity contribution in [3.63, 3.8) is 0 Å². The molecular weight excluding hydrogens is 184 g/mol. The van der Waals surface area contributed by atoms with Crippen molar-refractivity contribution in [2.75, 3.05) is 13.7 Å². The Hall–Kier alpha value is -0.450. The van der Waals surface area contributed by atoms with Crippen LogP contribution >= 0.6 is 0 Å². The third-order valence-electron chi connectivity index (χ3n) is 1.10. The number of unbranched alkanes of at least 4 members (excludes halogenated alkanes) is 1. The van der Waals surface area contributed by atoms with Crippen LogP contribution < -0.4 is 0 Å². The van der Waals surface area contributed by atoms with E-state index in [0.717, 1.165) is 26.4 Å². The van der Waals surface area contributed by atoms with Gasteiger partial charge in [-0.1, -0.05) is 19.8 Å². The maximum absolute atomic E-state index is 9.44. The largest absolute Gasteiger partial charge is 0.400 e. The zero-order chi connectivity index (χ0) is 12.0. The normalized spacial score (nSPS) is 10.2. The topological polar surface area (TPSA) is 77.8 Å². The van der Waals surface area contributed by atoms with Crippen LogP contribution in [0.25, 0.3) is 0 Å². The highest BCUT2D eigenvalue weighted by molar-refractivity contribution is 5.72. The summed E-state index contributed by atoms with van der Waals surface area (Å²) in [5.41, 5.74) is 0. The van der Waals surface area contributed by atoms with Crippen LogP contribution in [0.5, 0.6) is 0 Å². The number of carbonyl (C=O) groups is 1. The van der Waals surface area contributed by atoms with Crippen molar-refractivity contribution in [1.82, 2.24) is 0 Å². The molecule has 0 heterocycles. The minimum Gasteiger partial charge on any atom is -0.400 e. The lowest BCUT2D eigenvalue weighted by Gasteiger charge is -2.02. The zero-order valence-electron chi connectivity index (χ0n) is 9.66. The van der Waals surface area contributed by atoms with Crippen molar-refractivity contribution in [3.05, 3.63) is 0 Å². The van der Waals surface area contributed by atoms with Gasteiger partial charge < -0.3 is 20.1 Å². The number of aliphatic hydroxyl groups is 3. The maximum atomic E-state index is 9.44. The van der Waals surface area contributed by atoms with Crippen molar-refractivity contribution in [3.8, 4) is 0 Å². The smallest absolute Gasteiger partial charge is 0.126 e. The standard InChI is InChI=1S/C6H14O2.C3H6O.CH4O/c1-2-3-4-6(8)5-7;1-3(2)4;1-2/h6-8H,2-5H2,1H3;1-2H3;2H,1H3. The monoisotopic (exact) mass is 208 g/mol. The number of hydrogen-bond acceptors (Lipinski definition) is 4. The molecule has 0 aromatic rings. The van der Waals surface area contributed by atoms with Crippen molar-refractivity contribution in [2.24, 2.45) is 0 Å². The van der Waals surface area contributed by atoms with Crippen LogP contribution in [0.15, 0.2) is 0 Å². The Kier molecular flexibility index (Phi) is 25.1. The minimum absolute atomic E-state index is 0.0972. The number of rotatable bonds is 4. The predicted molar refractivity (Wildman–Crippen MR) is 57.1 cm³/mol. The van der Waals surface area contributed by atoms with Gasteiger partial charge in [0, 0.05) is 7.11 Å². The van der Waals surface area contributed by atoms with Gasteiger partial charge in [-0.15, -0.1) is 0 Å². The van der Waals surface area contributed by atoms with Gasteiger partial charge in [-0.2, -0.15) is 0 Å². The molecule has 0 amide bonds. The Morgan fingerprint density at radius 3 is 1.86 bits per heavy atom. The summed E-state index contributed by atoms with van der Waals surface area (Å²) in [4.78, 5) is 9.44. The third kappa shape index (κ3) is 41.7. The van der Waals surface area contributed by atoms with Gasteiger partial charge >= 0.3 is 0 Å². The molecule has 0 aliphatic heterocycles. The quantitative estimate of drug-likeness (QED) is 0.636. The van der Waals surface area contributed by atoms with Crippen molar-refractivity contribution < 1.29 is 20.1 Å². The number of Topliss-reactive ketones (excluding diaryl/α,β-unsaturated/α-hetero) is 1. The average Bonchev–Trinajstić information content (AvgIpc) is 2.16. The van der Waals surface area contributed by atoms with Gasteiger partial charge in [-0.25, -0.2) is 0 Å². The fraction of sp³-hybridized carbons (Fsp3) is 0.900. The Labute approximate surface area is 86.6 Å². The van der Waals surface area contributed by atoms with Crippen LogP contribution in [0.4, 0.5) is 0 Å². The summed E-state index contributed by atoms with van der Waals surface area (Å²) in [5.74, 6) is 0.167. The molecule has 0 aromatic carbocycles. The summed E-state index contributed by atoms with van der Waals surface area (Å²) in [7, 11) is 1.00. The van der Waals surface area contributed by atoms with Crippen LogP contribution in [0.2, 0.25) is 0 Å². The Balaban J connectivity index is -0.000000170. The van der Waals surface area contributed by atoms with Gasteiger partial charge in [0.2, 0.25) is 0 Å². The van der Waals surface area contributed by atoms with Gasteiger partial charge in [0.1, 0.15) is 5.78 Å². The third-order valence-corrected chi connectivity index (χ3v) is 1.10. The molecule has 1 atom stereocenters. The van der Waals surface area contributed by atoms with E-state index < -0.39 is 6.10 Å². The summed E-state index contributed by atoms with van der Waals surface area (Å²) in [6.07, 6.45) is 2.32. The molecule has 0 aliphatic carbocycles. The van der Waals surface area contributed by atoms with Crippen LogP contribution in [-0.2, 0) is 4.79 Å². The van der Waals surface area contributed by atoms with Gasteiger partial charge in [-0.3, -0.25) is 0 Å². The second-order valence-corrected chi connectivity index (χ2v) is 2.89. The first kappa shape index (κ1) is 19.2. The van der Waals surface area contributed by atoms with Gasteiger partial charge in [0.25, 0.3) is 0 Å². The first-order valence-electron chi connectivity index (χ1n) is 4.75. The van der Waals surface area contributed by atoms with E-state index in [0.29, 0.717) is 0 Å². The molecular formula is C10H24O4. The Morgan fingerprint density at radius 1 is 1.29 bits per heavy atom. The molecule has 4 heteroatoms. The highest BCUT2D eigenvalue weighted by Gasteiger charge is 1.97. The van der Waals surface area contributed by atoms with E-state index >= 15 is 0 Å². The van der Waals surface area contributed by atoms with E-state index in [1.54, 1.807) is 0 Å². The van der Waals surface area contributed by atoms with Crippen LogP contribution in [-0.4, -0.2) is 40.9 Å². The van der Waals surface area contributed by atoms with E-state index in [1.807, 2.05) is 0 Å². The van der Waals surface area contributed by atoms with Crippen LogP contribution in [0, 0.1) is 0 Å². The molecule has 1 unspecified atom stereocenters. The summed E-state index contributed by atoms with van der Waals surface area (Å²) in [6.45, 7) is 5.02. The molecule has 0 aromatic heterocycles. The lowest BCUT2D eigenvalue weighted by molar-refractivity contribution is -0.114. The van der Waals surface area contributed by atoms with Crippen molar-refractivity contribution in [1.29, 1.82) is 0 Å². The van der Waals surface area contributed by atoms with E-state index in [2.05, 4.69) is 6.92 Å². The predicted octanol–water partition coefficient (Wildman–Crippen LogP) is 0.734.